The van der Waals surface area contributed by atoms with E-state index in [1.54, 1.807) is 60.2 Å². The molecule has 1 unspecified atom stereocenters. The number of methoxy groups -OCH3 is 1. The number of amides is 1. The number of alkyl carbamates (subject to hydrolysis) is 1. The molecule has 1 amide bonds. The quantitative estimate of drug-likeness (QED) is 0.708. The predicted octanol–water partition coefficient (Wildman–Crippen LogP) is 2.98. The normalized spacial score (nSPS) is 13.4. The highest BCUT2D eigenvalue weighted by Gasteiger charge is 2.40. The topological polar surface area (TPSA) is 77.8 Å². The van der Waals surface area contributed by atoms with Crippen molar-refractivity contribution in [1.29, 1.82) is 0 Å². The summed E-state index contributed by atoms with van der Waals surface area (Å²) in [6.45, 7) is 1.95. The molecule has 3 aromatic rings. The van der Waals surface area contributed by atoms with Gasteiger partial charge in [-0.3, -0.25) is 5.32 Å². The Kier molecular flexibility index (Phi) is 4.87. The monoisotopic (exact) mass is 360 g/mol. The molecule has 3 rings (SSSR count). The van der Waals surface area contributed by atoms with E-state index in [-0.39, 0.29) is 6.61 Å². The van der Waals surface area contributed by atoms with Crippen LogP contribution >= 0.6 is 11.6 Å². The fourth-order valence-corrected chi connectivity index (χ4v) is 2.84. The molecule has 1 N–H and O–H groups in total. The number of halogens is 1. The summed E-state index contributed by atoms with van der Waals surface area (Å²) < 4.78 is 12.4. The van der Waals surface area contributed by atoms with Gasteiger partial charge in [-0.2, -0.15) is 5.10 Å². The van der Waals surface area contributed by atoms with E-state index < -0.39 is 11.8 Å². The van der Waals surface area contributed by atoms with E-state index in [2.05, 4.69) is 15.4 Å². The van der Waals surface area contributed by atoms with Gasteiger partial charge in [-0.1, -0.05) is 23.7 Å². The number of fused-ring (bicyclic) bond motifs is 1. The largest absolute Gasteiger partial charge is 0.450 e. The van der Waals surface area contributed by atoms with Crippen LogP contribution < -0.4 is 5.32 Å². The molecule has 130 valence electrons. The molecule has 0 radical (unpaired) electrons. The second kappa shape index (κ2) is 7.08. The van der Waals surface area contributed by atoms with Crippen molar-refractivity contribution in [2.75, 3.05) is 13.7 Å². The Morgan fingerprint density at radius 1 is 1.36 bits per heavy atom. The Morgan fingerprint density at radius 2 is 2.20 bits per heavy atom. The maximum atomic E-state index is 12.2. The molecular weight excluding hydrogens is 344 g/mol. The third-order valence-electron chi connectivity index (χ3n) is 3.73. The number of hydrogen-bond acceptors (Lipinski definition) is 5. The molecule has 8 heteroatoms. The van der Waals surface area contributed by atoms with E-state index in [0.717, 1.165) is 0 Å². The van der Waals surface area contributed by atoms with E-state index >= 15 is 0 Å². The van der Waals surface area contributed by atoms with Crippen LogP contribution in [-0.4, -0.2) is 34.4 Å². The average Bonchev–Trinajstić information content (AvgIpc) is 3.04. The zero-order valence-electron chi connectivity index (χ0n) is 13.8. The number of nitrogens with zero attached hydrogens (tertiary/aromatic N) is 3. The Balaban J connectivity index is 2.22. The Bertz CT molecular complexity index is 898. The van der Waals surface area contributed by atoms with Gasteiger partial charge in [0.2, 0.25) is 5.72 Å². The fourth-order valence-electron chi connectivity index (χ4n) is 2.65. The number of ether oxygens (including phenoxy) is 2. The number of carbonyl (C=O) groups is 1. The van der Waals surface area contributed by atoms with Crippen LogP contribution in [0.25, 0.3) is 5.65 Å². The van der Waals surface area contributed by atoms with Crippen molar-refractivity contribution in [3.63, 3.8) is 0 Å². The van der Waals surface area contributed by atoms with Gasteiger partial charge < -0.3 is 9.47 Å². The van der Waals surface area contributed by atoms with Crippen LogP contribution in [0, 0.1) is 0 Å². The molecule has 0 aliphatic heterocycles. The van der Waals surface area contributed by atoms with Gasteiger partial charge in [0.15, 0.2) is 5.65 Å². The first-order valence-electron chi connectivity index (χ1n) is 7.66. The summed E-state index contributed by atoms with van der Waals surface area (Å²) in [6.07, 6.45) is 2.59. The van der Waals surface area contributed by atoms with Crippen molar-refractivity contribution in [3.05, 3.63) is 65.1 Å². The maximum absolute atomic E-state index is 12.2. The Labute approximate surface area is 149 Å². The van der Waals surface area contributed by atoms with Crippen molar-refractivity contribution >= 4 is 23.3 Å². The molecule has 0 aliphatic rings. The van der Waals surface area contributed by atoms with Gasteiger partial charge in [0.1, 0.15) is 5.69 Å². The first-order valence-corrected chi connectivity index (χ1v) is 8.04. The number of nitrogens with one attached hydrogen (secondary N) is 1. The number of aromatic nitrogens is 3. The molecule has 2 aromatic heterocycles. The van der Waals surface area contributed by atoms with Gasteiger partial charge in [0, 0.05) is 23.9 Å². The zero-order valence-corrected chi connectivity index (χ0v) is 14.5. The lowest BCUT2D eigenvalue weighted by Crippen LogP contribution is -2.49. The Morgan fingerprint density at radius 3 is 2.92 bits per heavy atom. The minimum Gasteiger partial charge on any atom is -0.450 e. The number of hydrogen-bond donors (Lipinski definition) is 1. The molecule has 7 nitrogen and oxygen atoms in total. The average molecular weight is 361 g/mol. The Hall–Kier alpha value is -2.64. The molecule has 0 fully saturated rings. The third kappa shape index (κ3) is 3.16. The van der Waals surface area contributed by atoms with Gasteiger partial charge in [-0.25, -0.2) is 14.3 Å². The van der Waals surface area contributed by atoms with Crippen LogP contribution in [0.4, 0.5) is 4.79 Å². The molecule has 1 aromatic carbocycles. The second-order valence-electron chi connectivity index (χ2n) is 5.18. The fraction of sp³-hybridized carbons (Fsp3) is 0.235. The summed E-state index contributed by atoms with van der Waals surface area (Å²) in [4.78, 5) is 16.5. The maximum Gasteiger partial charge on any atom is 0.409 e. The molecule has 1 atom stereocenters. The van der Waals surface area contributed by atoms with Gasteiger partial charge in [0.05, 0.1) is 12.8 Å². The van der Waals surface area contributed by atoms with E-state index in [1.807, 2.05) is 0 Å². The highest BCUT2D eigenvalue weighted by Crippen LogP contribution is 2.32. The van der Waals surface area contributed by atoms with Crippen LogP contribution in [0.1, 0.15) is 18.2 Å². The minimum atomic E-state index is -1.37. The van der Waals surface area contributed by atoms with E-state index in [0.29, 0.717) is 21.9 Å². The summed E-state index contributed by atoms with van der Waals surface area (Å²) in [7, 11) is 1.48. The van der Waals surface area contributed by atoms with Crippen molar-refractivity contribution < 1.29 is 14.3 Å². The van der Waals surface area contributed by atoms with Crippen molar-refractivity contribution in [1.82, 2.24) is 19.9 Å². The number of benzene rings is 1. The molecule has 0 spiro atoms. The van der Waals surface area contributed by atoms with Gasteiger partial charge in [0.25, 0.3) is 0 Å². The van der Waals surface area contributed by atoms with Gasteiger partial charge in [-0.15, -0.1) is 0 Å². The predicted molar refractivity (Wildman–Crippen MR) is 92.4 cm³/mol. The van der Waals surface area contributed by atoms with Crippen LogP contribution in [0.2, 0.25) is 5.02 Å². The van der Waals surface area contributed by atoms with Crippen LogP contribution in [0.3, 0.4) is 0 Å². The lowest BCUT2D eigenvalue weighted by Gasteiger charge is -2.32. The summed E-state index contributed by atoms with van der Waals surface area (Å²) in [5, 5.41) is 7.59. The van der Waals surface area contributed by atoms with Crippen LogP contribution in [-0.2, 0) is 15.2 Å². The van der Waals surface area contributed by atoms with Crippen molar-refractivity contribution in [2.24, 2.45) is 0 Å². The molecule has 2 heterocycles. The van der Waals surface area contributed by atoms with Crippen molar-refractivity contribution in [3.8, 4) is 0 Å². The minimum absolute atomic E-state index is 0.229. The highest BCUT2D eigenvalue weighted by atomic mass is 35.5. The highest BCUT2D eigenvalue weighted by molar-refractivity contribution is 6.30. The summed E-state index contributed by atoms with van der Waals surface area (Å²) in [6, 6.07) is 10.6. The molecular formula is C17H17ClN4O3. The van der Waals surface area contributed by atoms with E-state index in [4.69, 9.17) is 21.1 Å². The number of imidazole rings is 1. The molecule has 0 saturated heterocycles. The van der Waals surface area contributed by atoms with Gasteiger partial charge in [-0.05, 0) is 31.2 Å². The number of rotatable bonds is 5. The molecule has 0 aliphatic carbocycles. The van der Waals surface area contributed by atoms with Crippen LogP contribution in [0.5, 0.6) is 0 Å². The first kappa shape index (κ1) is 17.2. The summed E-state index contributed by atoms with van der Waals surface area (Å²) in [5.74, 6) is 0. The summed E-state index contributed by atoms with van der Waals surface area (Å²) in [5.41, 5.74) is 0.376. The van der Waals surface area contributed by atoms with Gasteiger partial charge >= 0.3 is 6.09 Å². The zero-order chi connectivity index (χ0) is 17.9. The molecule has 0 bridgehead atoms. The first-order chi connectivity index (χ1) is 12.1. The van der Waals surface area contributed by atoms with Crippen molar-refractivity contribution in [2.45, 2.75) is 12.6 Å². The number of carbonyl (C=O) groups excluding carboxylic acids is 1. The smallest absolute Gasteiger partial charge is 0.409 e. The molecule has 0 saturated carbocycles. The SMILES string of the molecule is CCOC(=O)NC(OC)(c1cccc(Cl)c1)c1cnc2cccnn12. The standard InChI is InChI=1S/C17H17ClN4O3/c1-3-25-16(23)21-17(24-2,12-6-4-7-13(18)10-12)14-11-19-15-8-5-9-20-22(14)15/h4-11H,3H2,1-2H3,(H,21,23). The lowest BCUT2D eigenvalue weighted by molar-refractivity contribution is -0.0128. The lowest BCUT2D eigenvalue weighted by atomic mass is 9.99. The third-order valence-corrected chi connectivity index (χ3v) is 3.96. The molecule has 25 heavy (non-hydrogen) atoms. The van der Waals surface area contributed by atoms with Crippen LogP contribution in [0.15, 0.2) is 48.8 Å². The van der Waals surface area contributed by atoms with E-state index in [9.17, 15) is 4.79 Å². The summed E-state index contributed by atoms with van der Waals surface area (Å²) >= 11 is 6.15. The second-order valence-corrected chi connectivity index (χ2v) is 5.61. The van der Waals surface area contributed by atoms with E-state index in [1.165, 1.54) is 7.11 Å².